The lowest BCUT2D eigenvalue weighted by molar-refractivity contribution is 0.112. The number of carbonyl (C=O) groups is 1. The summed E-state index contributed by atoms with van der Waals surface area (Å²) in [6.07, 6.45) is 0.840. The first-order valence-corrected chi connectivity index (χ1v) is 4.69. The Kier molecular flexibility index (Phi) is 1.87. The monoisotopic (exact) mass is 196 g/mol. The minimum absolute atomic E-state index is 0.695. The van der Waals surface area contributed by atoms with Crippen molar-refractivity contribution >= 4 is 39.3 Å². The number of carbonyl (C=O) groups excluding carboxylic acids is 1. The van der Waals surface area contributed by atoms with E-state index in [1.807, 2.05) is 17.5 Å². The highest BCUT2D eigenvalue weighted by Crippen LogP contribution is 2.29. The molecule has 0 N–H and O–H groups in total. The normalized spacial score (nSPS) is 10.4. The van der Waals surface area contributed by atoms with Gasteiger partial charge in [-0.05, 0) is 6.07 Å². The van der Waals surface area contributed by atoms with Crippen LogP contribution in [-0.4, -0.2) is 6.29 Å². The maximum atomic E-state index is 10.4. The first-order valence-electron chi connectivity index (χ1n) is 3.43. The number of benzene rings is 1. The minimum Gasteiger partial charge on any atom is -0.298 e. The molecule has 12 heavy (non-hydrogen) atoms. The van der Waals surface area contributed by atoms with Gasteiger partial charge in [0.2, 0.25) is 0 Å². The molecule has 0 saturated heterocycles. The SMILES string of the molecule is O=Cc1ccc2c(Cl)csc2c1. The highest BCUT2D eigenvalue weighted by atomic mass is 35.5. The standard InChI is InChI=1S/C9H5ClOS/c10-8-5-12-9-3-6(4-11)1-2-7(8)9/h1-5H. The Morgan fingerprint density at radius 1 is 1.42 bits per heavy atom. The molecule has 0 amide bonds. The predicted octanol–water partition coefficient (Wildman–Crippen LogP) is 3.37. The van der Waals surface area contributed by atoms with Crippen LogP contribution in [0.4, 0.5) is 0 Å². The van der Waals surface area contributed by atoms with E-state index >= 15 is 0 Å². The molecule has 0 aliphatic heterocycles. The number of halogens is 1. The Bertz CT molecular complexity index is 433. The van der Waals surface area contributed by atoms with Crippen molar-refractivity contribution in [1.29, 1.82) is 0 Å². The van der Waals surface area contributed by atoms with Crippen molar-refractivity contribution in [2.75, 3.05) is 0 Å². The zero-order chi connectivity index (χ0) is 8.55. The summed E-state index contributed by atoms with van der Waals surface area (Å²) in [5.41, 5.74) is 0.695. The van der Waals surface area contributed by atoms with E-state index < -0.39 is 0 Å². The van der Waals surface area contributed by atoms with Crippen molar-refractivity contribution in [3.05, 3.63) is 34.2 Å². The fourth-order valence-electron chi connectivity index (χ4n) is 1.09. The molecule has 0 unspecified atom stereocenters. The Labute approximate surface area is 78.6 Å². The van der Waals surface area contributed by atoms with Crippen molar-refractivity contribution in [2.24, 2.45) is 0 Å². The zero-order valence-corrected chi connectivity index (χ0v) is 7.65. The number of hydrogen-bond acceptors (Lipinski definition) is 2. The molecule has 60 valence electrons. The van der Waals surface area contributed by atoms with Crippen LogP contribution in [0.1, 0.15) is 10.4 Å². The molecule has 1 aromatic heterocycles. The molecule has 0 atom stereocenters. The van der Waals surface area contributed by atoms with Crippen LogP contribution in [0.25, 0.3) is 10.1 Å². The van der Waals surface area contributed by atoms with Crippen LogP contribution >= 0.6 is 22.9 Å². The molecule has 1 aromatic carbocycles. The summed E-state index contributed by atoms with van der Waals surface area (Å²) in [5, 5.41) is 3.65. The van der Waals surface area contributed by atoms with E-state index in [1.165, 1.54) is 0 Å². The first-order chi connectivity index (χ1) is 5.81. The van der Waals surface area contributed by atoms with Gasteiger partial charge in [-0.15, -0.1) is 11.3 Å². The lowest BCUT2D eigenvalue weighted by Crippen LogP contribution is -1.75. The van der Waals surface area contributed by atoms with Gasteiger partial charge in [0, 0.05) is 21.0 Å². The Balaban J connectivity index is 2.77. The van der Waals surface area contributed by atoms with Crippen molar-refractivity contribution in [2.45, 2.75) is 0 Å². The smallest absolute Gasteiger partial charge is 0.150 e. The lowest BCUT2D eigenvalue weighted by Gasteiger charge is -1.90. The topological polar surface area (TPSA) is 17.1 Å². The van der Waals surface area contributed by atoms with Gasteiger partial charge < -0.3 is 0 Å². The quantitative estimate of drug-likeness (QED) is 0.640. The van der Waals surface area contributed by atoms with Gasteiger partial charge in [-0.25, -0.2) is 0 Å². The van der Waals surface area contributed by atoms with Crippen molar-refractivity contribution in [1.82, 2.24) is 0 Å². The second-order valence-electron chi connectivity index (χ2n) is 2.46. The van der Waals surface area contributed by atoms with Crippen molar-refractivity contribution < 1.29 is 4.79 Å². The summed E-state index contributed by atoms with van der Waals surface area (Å²) >= 11 is 7.44. The molecular weight excluding hydrogens is 192 g/mol. The number of thiophene rings is 1. The fraction of sp³-hybridized carbons (Fsp3) is 0. The zero-order valence-electron chi connectivity index (χ0n) is 6.08. The van der Waals surface area contributed by atoms with Crippen LogP contribution in [0, 0.1) is 0 Å². The number of rotatable bonds is 1. The van der Waals surface area contributed by atoms with Crippen LogP contribution in [0.3, 0.4) is 0 Å². The van der Waals surface area contributed by atoms with Gasteiger partial charge >= 0.3 is 0 Å². The molecule has 0 aliphatic carbocycles. The predicted molar refractivity (Wildman–Crippen MR) is 52.2 cm³/mol. The summed E-state index contributed by atoms with van der Waals surface area (Å²) in [4.78, 5) is 10.4. The highest BCUT2D eigenvalue weighted by molar-refractivity contribution is 7.17. The number of aldehydes is 1. The summed E-state index contributed by atoms with van der Waals surface area (Å²) in [6.45, 7) is 0. The van der Waals surface area contributed by atoms with Gasteiger partial charge in [-0.2, -0.15) is 0 Å². The third-order valence-electron chi connectivity index (χ3n) is 1.69. The fourth-order valence-corrected chi connectivity index (χ4v) is 2.31. The molecule has 2 aromatic rings. The minimum atomic E-state index is 0.695. The molecule has 0 spiro atoms. The molecule has 0 saturated carbocycles. The maximum absolute atomic E-state index is 10.4. The molecule has 2 rings (SSSR count). The number of hydrogen-bond donors (Lipinski definition) is 0. The second-order valence-corrected chi connectivity index (χ2v) is 3.78. The molecule has 1 nitrogen and oxygen atoms in total. The van der Waals surface area contributed by atoms with E-state index in [1.54, 1.807) is 17.4 Å². The maximum Gasteiger partial charge on any atom is 0.150 e. The third kappa shape index (κ3) is 1.13. The second kappa shape index (κ2) is 2.88. The van der Waals surface area contributed by atoms with Crippen LogP contribution in [0.2, 0.25) is 5.02 Å². The number of fused-ring (bicyclic) bond motifs is 1. The summed E-state index contributed by atoms with van der Waals surface area (Å²) < 4.78 is 1.06. The van der Waals surface area contributed by atoms with Gasteiger partial charge in [-0.1, -0.05) is 23.7 Å². The van der Waals surface area contributed by atoms with Gasteiger partial charge in [0.1, 0.15) is 6.29 Å². The Hall–Kier alpha value is -0.860. The van der Waals surface area contributed by atoms with E-state index in [0.717, 1.165) is 21.4 Å². The molecular formula is C9H5ClOS. The summed E-state index contributed by atoms with van der Waals surface area (Å²) in [7, 11) is 0. The van der Waals surface area contributed by atoms with E-state index in [4.69, 9.17) is 11.6 Å². The average Bonchev–Trinajstić information content (AvgIpc) is 2.47. The largest absolute Gasteiger partial charge is 0.298 e. The van der Waals surface area contributed by atoms with E-state index in [0.29, 0.717) is 5.56 Å². The Morgan fingerprint density at radius 3 is 3.00 bits per heavy atom. The van der Waals surface area contributed by atoms with Gasteiger partial charge in [0.15, 0.2) is 0 Å². The van der Waals surface area contributed by atoms with Crippen LogP contribution < -0.4 is 0 Å². The summed E-state index contributed by atoms with van der Waals surface area (Å²) in [6, 6.07) is 5.49. The van der Waals surface area contributed by atoms with Crippen LogP contribution in [0.15, 0.2) is 23.6 Å². The van der Waals surface area contributed by atoms with E-state index in [9.17, 15) is 4.79 Å². The van der Waals surface area contributed by atoms with Gasteiger partial charge in [0.25, 0.3) is 0 Å². The third-order valence-corrected chi connectivity index (χ3v) is 3.08. The molecule has 0 bridgehead atoms. The molecule has 0 fully saturated rings. The van der Waals surface area contributed by atoms with Crippen molar-refractivity contribution in [3.63, 3.8) is 0 Å². The van der Waals surface area contributed by atoms with Gasteiger partial charge in [-0.3, -0.25) is 4.79 Å². The average molecular weight is 197 g/mol. The van der Waals surface area contributed by atoms with E-state index in [2.05, 4.69) is 0 Å². The van der Waals surface area contributed by atoms with Crippen LogP contribution in [-0.2, 0) is 0 Å². The lowest BCUT2D eigenvalue weighted by atomic mass is 10.2. The van der Waals surface area contributed by atoms with Crippen molar-refractivity contribution in [3.8, 4) is 0 Å². The summed E-state index contributed by atoms with van der Waals surface area (Å²) in [5.74, 6) is 0. The molecule has 0 aliphatic rings. The molecule has 3 heteroatoms. The van der Waals surface area contributed by atoms with Crippen LogP contribution in [0.5, 0.6) is 0 Å². The molecule has 1 heterocycles. The first kappa shape index (κ1) is 7.77. The highest BCUT2D eigenvalue weighted by Gasteiger charge is 2.01. The molecule has 0 radical (unpaired) electrons. The van der Waals surface area contributed by atoms with E-state index in [-0.39, 0.29) is 0 Å². The Morgan fingerprint density at radius 2 is 2.25 bits per heavy atom. The van der Waals surface area contributed by atoms with Gasteiger partial charge in [0.05, 0.1) is 5.02 Å².